The van der Waals surface area contributed by atoms with Crippen LogP contribution in [0.15, 0.2) is 0 Å². The molecule has 0 bridgehead atoms. The van der Waals surface area contributed by atoms with E-state index >= 15 is 0 Å². The van der Waals surface area contributed by atoms with Crippen LogP contribution in [-0.2, 0) is 0 Å². The maximum Gasteiger partial charge on any atom is 0.453 e. The minimum absolute atomic E-state index is 1.32. The first-order valence-corrected chi connectivity index (χ1v) is 10.1. The average molecular weight is 469 g/mol. The summed E-state index contributed by atoms with van der Waals surface area (Å²) in [6.07, 6.45) is -34.4. The molecule has 0 amide bonds. The standard InChI is InChI=1S/C13H16F14P/c14-9(15,13(25,26)27)1-5-28(6-2-10(16,17)18,7-3-11(19,20)21)8-4-12(22,23)24/h1-8H2/q+1. The fourth-order valence-corrected chi connectivity index (χ4v) is 6.56. The molecule has 0 aromatic rings. The number of halogens is 14. The minimum atomic E-state index is -6.12. The molecule has 0 aliphatic carbocycles. The van der Waals surface area contributed by atoms with Crippen molar-refractivity contribution >= 4 is 7.26 Å². The van der Waals surface area contributed by atoms with E-state index in [1.165, 1.54) is 0 Å². The van der Waals surface area contributed by atoms with E-state index in [0.717, 1.165) is 0 Å². The van der Waals surface area contributed by atoms with Gasteiger partial charge in [-0.05, 0) is 0 Å². The van der Waals surface area contributed by atoms with Crippen LogP contribution >= 0.6 is 7.26 Å². The summed E-state index contributed by atoms with van der Waals surface area (Å²) in [6, 6.07) is 0. The van der Waals surface area contributed by atoms with Gasteiger partial charge in [-0.25, -0.2) is 0 Å². The number of hydrogen-bond donors (Lipinski definition) is 0. The van der Waals surface area contributed by atoms with E-state index in [0.29, 0.717) is 0 Å². The molecule has 0 saturated heterocycles. The van der Waals surface area contributed by atoms with Crippen LogP contribution in [-0.4, -0.2) is 55.3 Å². The second-order valence-electron chi connectivity index (χ2n) is 6.28. The summed E-state index contributed by atoms with van der Waals surface area (Å²) in [4.78, 5) is 0. The van der Waals surface area contributed by atoms with Crippen LogP contribution in [0.2, 0.25) is 0 Å². The second-order valence-corrected chi connectivity index (χ2v) is 10.8. The van der Waals surface area contributed by atoms with Crippen molar-refractivity contribution in [3.63, 3.8) is 0 Å². The molecule has 0 radical (unpaired) electrons. The number of rotatable bonds is 9. The Kier molecular flexibility index (Phi) is 8.90. The largest absolute Gasteiger partial charge is 0.453 e. The zero-order valence-electron chi connectivity index (χ0n) is 13.9. The van der Waals surface area contributed by atoms with E-state index in [1.807, 2.05) is 0 Å². The highest BCUT2D eigenvalue weighted by molar-refractivity contribution is 7.75. The smallest absolute Gasteiger partial charge is 0.196 e. The topological polar surface area (TPSA) is 0 Å². The van der Waals surface area contributed by atoms with Gasteiger partial charge in [0.05, 0.1) is 50.3 Å². The molecule has 0 N–H and O–H groups in total. The molecule has 15 heteroatoms. The molecule has 0 heterocycles. The zero-order chi connectivity index (χ0) is 22.7. The molecule has 0 aromatic heterocycles. The molecule has 0 aliphatic heterocycles. The van der Waals surface area contributed by atoms with E-state index in [2.05, 4.69) is 0 Å². The van der Waals surface area contributed by atoms with Crippen LogP contribution in [0.25, 0.3) is 0 Å². The SMILES string of the molecule is FC(F)(F)CC[P+](CCC(F)(F)F)(CCC(F)(F)F)CCC(F)(F)C(F)(F)F. The van der Waals surface area contributed by atoms with Gasteiger partial charge in [-0.3, -0.25) is 0 Å². The van der Waals surface area contributed by atoms with Gasteiger partial charge in [0.1, 0.15) is 0 Å². The third kappa shape index (κ3) is 11.5. The van der Waals surface area contributed by atoms with E-state index in [4.69, 9.17) is 0 Å². The molecule has 0 aromatic carbocycles. The molecule has 28 heavy (non-hydrogen) atoms. The van der Waals surface area contributed by atoms with Gasteiger partial charge in [-0.2, -0.15) is 61.5 Å². The first-order chi connectivity index (χ1) is 12.1. The van der Waals surface area contributed by atoms with Gasteiger partial charge >= 0.3 is 30.6 Å². The van der Waals surface area contributed by atoms with Crippen LogP contribution in [0.1, 0.15) is 25.7 Å². The molecule has 0 saturated carbocycles. The van der Waals surface area contributed by atoms with Crippen molar-refractivity contribution in [2.24, 2.45) is 0 Å². The Balaban J connectivity index is 5.70. The highest BCUT2D eigenvalue weighted by Crippen LogP contribution is 2.64. The Labute approximate surface area is 151 Å². The van der Waals surface area contributed by atoms with Gasteiger partial charge in [0.25, 0.3) is 0 Å². The predicted octanol–water partition coefficient (Wildman–Crippen LogP) is 7.45. The molecular formula is C13H16F14P+. The third-order valence-electron chi connectivity index (χ3n) is 3.92. The molecule has 0 unspecified atom stereocenters. The van der Waals surface area contributed by atoms with E-state index in [-0.39, 0.29) is 0 Å². The van der Waals surface area contributed by atoms with Crippen molar-refractivity contribution in [3.8, 4) is 0 Å². The van der Waals surface area contributed by atoms with Crippen LogP contribution in [0.3, 0.4) is 0 Å². The predicted molar refractivity (Wildman–Crippen MR) is 74.0 cm³/mol. The molecule has 0 aliphatic rings. The number of alkyl halides is 14. The summed E-state index contributed by atoms with van der Waals surface area (Å²) < 4.78 is 175. The lowest BCUT2D eigenvalue weighted by atomic mass is 10.2. The summed E-state index contributed by atoms with van der Waals surface area (Å²) in [7, 11) is -4.09. The fourth-order valence-electron chi connectivity index (χ4n) is 2.28. The first kappa shape index (κ1) is 27.5. The summed E-state index contributed by atoms with van der Waals surface area (Å²) in [5.74, 6) is -5.44. The maximum absolute atomic E-state index is 13.1. The molecule has 0 nitrogen and oxygen atoms in total. The third-order valence-corrected chi connectivity index (χ3v) is 8.61. The van der Waals surface area contributed by atoms with Crippen LogP contribution in [0.5, 0.6) is 0 Å². The van der Waals surface area contributed by atoms with E-state index in [1.54, 1.807) is 0 Å². The van der Waals surface area contributed by atoms with Crippen LogP contribution in [0.4, 0.5) is 61.5 Å². The van der Waals surface area contributed by atoms with Crippen molar-refractivity contribution in [1.82, 2.24) is 0 Å². The molecular weight excluding hydrogens is 453 g/mol. The van der Waals surface area contributed by atoms with Gasteiger partial charge in [-0.15, -0.1) is 0 Å². The quantitative estimate of drug-likeness (QED) is 0.243. The zero-order valence-corrected chi connectivity index (χ0v) is 14.8. The van der Waals surface area contributed by atoms with E-state index in [9.17, 15) is 61.5 Å². The Morgan fingerprint density at radius 3 is 0.857 bits per heavy atom. The highest BCUT2D eigenvalue weighted by Gasteiger charge is 2.59. The minimum Gasteiger partial charge on any atom is -0.196 e. The molecule has 0 rings (SSSR count). The van der Waals surface area contributed by atoms with Gasteiger partial charge in [0.2, 0.25) is 0 Å². The lowest BCUT2D eigenvalue weighted by Gasteiger charge is -2.31. The van der Waals surface area contributed by atoms with Crippen molar-refractivity contribution in [1.29, 1.82) is 0 Å². The van der Waals surface area contributed by atoms with Crippen LogP contribution in [0, 0.1) is 0 Å². The fraction of sp³-hybridized carbons (Fsp3) is 1.00. The van der Waals surface area contributed by atoms with Gasteiger partial charge < -0.3 is 0 Å². The second kappa shape index (κ2) is 9.07. The van der Waals surface area contributed by atoms with E-state index < -0.39 is 88.2 Å². The maximum atomic E-state index is 13.1. The lowest BCUT2D eigenvalue weighted by molar-refractivity contribution is -0.282. The van der Waals surface area contributed by atoms with Crippen molar-refractivity contribution in [3.05, 3.63) is 0 Å². The van der Waals surface area contributed by atoms with Crippen molar-refractivity contribution < 1.29 is 61.5 Å². The summed E-state index contributed by atoms with van der Waals surface area (Å²) >= 11 is 0. The molecule has 170 valence electrons. The highest BCUT2D eigenvalue weighted by atomic mass is 31.2. The summed E-state index contributed by atoms with van der Waals surface area (Å²) in [5, 5.41) is 0. The number of hydrogen-bond acceptors (Lipinski definition) is 0. The molecule has 0 fully saturated rings. The normalized spacial score (nSPS) is 15.2. The van der Waals surface area contributed by atoms with Crippen molar-refractivity contribution in [2.75, 3.05) is 24.6 Å². The van der Waals surface area contributed by atoms with Gasteiger partial charge in [0.15, 0.2) is 0 Å². The Morgan fingerprint density at radius 2 is 0.643 bits per heavy atom. The molecule has 0 spiro atoms. The Morgan fingerprint density at radius 1 is 0.393 bits per heavy atom. The molecule has 0 atom stereocenters. The monoisotopic (exact) mass is 469 g/mol. The van der Waals surface area contributed by atoms with Gasteiger partial charge in [-0.1, -0.05) is 0 Å². The average Bonchev–Trinajstić information content (AvgIpc) is 2.42. The Bertz CT molecular complexity index is 424. The lowest BCUT2D eigenvalue weighted by Crippen LogP contribution is -2.38. The van der Waals surface area contributed by atoms with Crippen molar-refractivity contribution in [2.45, 2.75) is 56.3 Å². The van der Waals surface area contributed by atoms with Crippen LogP contribution < -0.4 is 0 Å². The Hall–Kier alpha value is -0.550. The van der Waals surface area contributed by atoms with Gasteiger partial charge in [0, 0.05) is 7.26 Å². The summed E-state index contributed by atoms with van der Waals surface area (Å²) in [5.41, 5.74) is 0. The first-order valence-electron chi connectivity index (χ1n) is 7.57. The summed E-state index contributed by atoms with van der Waals surface area (Å²) in [6.45, 7) is 0.